The maximum absolute atomic E-state index is 10.0. The summed E-state index contributed by atoms with van der Waals surface area (Å²) in [6.07, 6.45) is -0.162. The zero-order chi connectivity index (χ0) is 6.57. The molecule has 4 heteroatoms. The third-order valence-electron chi connectivity index (χ3n) is 0.507. The van der Waals surface area contributed by atoms with Gasteiger partial charge in [-0.25, -0.2) is 4.79 Å². The lowest BCUT2D eigenvalue weighted by Crippen LogP contribution is -2.11. The van der Waals surface area contributed by atoms with Crippen molar-refractivity contribution in [2.24, 2.45) is 0 Å². The molecule has 0 unspecified atom stereocenters. The molecule has 0 aliphatic rings. The highest BCUT2D eigenvalue weighted by atomic mass is 32.1. The Morgan fingerprint density at radius 2 is 2.12 bits per heavy atom. The van der Waals surface area contributed by atoms with Crippen molar-refractivity contribution < 1.29 is 14.7 Å². The van der Waals surface area contributed by atoms with E-state index in [9.17, 15) is 9.59 Å². The third kappa shape index (κ3) is 2.41. The molecule has 0 fully saturated rings. The number of hydrogen-bond acceptors (Lipinski definition) is 3. The van der Waals surface area contributed by atoms with Gasteiger partial charge in [0.1, 0.15) is 0 Å². The molecule has 0 saturated carbocycles. The second-order valence-electron chi connectivity index (χ2n) is 1.10. The Balaban J connectivity index is 3.65. The molecule has 0 radical (unpaired) electrons. The number of carboxylic acid groups (broad SMARTS) is 1. The average Bonchev–Trinajstić information content (AvgIpc) is 1.67. The van der Waals surface area contributed by atoms with E-state index in [0.29, 0.717) is 0 Å². The molecule has 0 heterocycles. The fourth-order valence-electron chi connectivity index (χ4n) is 0.163. The highest BCUT2D eigenvalue weighted by molar-refractivity contribution is 7.79. The molecule has 0 aromatic heterocycles. The molecular weight excluding hydrogens is 128 g/mol. The van der Waals surface area contributed by atoms with Crippen LogP contribution < -0.4 is 0 Å². The van der Waals surface area contributed by atoms with Crippen molar-refractivity contribution in [1.29, 1.82) is 0 Å². The van der Waals surface area contributed by atoms with E-state index in [1.54, 1.807) is 0 Å². The molecule has 0 rings (SSSR count). The van der Waals surface area contributed by atoms with Gasteiger partial charge >= 0.3 is 5.97 Å². The normalized spacial score (nSPS) is 8.00. The summed E-state index contributed by atoms with van der Waals surface area (Å²) < 4.78 is 0. The van der Waals surface area contributed by atoms with E-state index < -0.39 is 11.8 Å². The summed E-state index contributed by atoms with van der Waals surface area (Å²) in [5.74, 6) is -2.29. The van der Waals surface area contributed by atoms with Crippen LogP contribution in [0, 0.1) is 0 Å². The fourth-order valence-corrected chi connectivity index (χ4v) is 0.314. The van der Waals surface area contributed by atoms with Crippen LogP contribution >= 0.6 is 12.2 Å². The van der Waals surface area contributed by atoms with Crippen LogP contribution in [-0.4, -0.2) is 22.2 Å². The van der Waals surface area contributed by atoms with Gasteiger partial charge in [-0.2, -0.15) is 0 Å². The smallest absolute Gasteiger partial charge is 0.372 e. The highest BCUT2D eigenvalue weighted by Crippen LogP contribution is 1.77. The van der Waals surface area contributed by atoms with Crippen LogP contribution in [0.4, 0.5) is 0 Å². The van der Waals surface area contributed by atoms with Crippen LogP contribution in [-0.2, 0) is 9.59 Å². The summed E-state index contributed by atoms with van der Waals surface area (Å²) in [7, 11) is 0. The quantitative estimate of drug-likeness (QED) is 0.434. The summed E-state index contributed by atoms with van der Waals surface area (Å²) in [6, 6.07) is 0. The van der Waals surface area contributed by atoms with Crippen LogP contribution in [0.1, 0.15) is 6.42 Å². The molecule has 0 aromatic carbocycles. The molecule has 0 aliphatic carbocycles. The zero-order valence-corrected chi connectivity index (χ0v) is 4.77. The second-order valence-corrected chi connectivity index (χ2v) is 1.43. The van der Waals surface area contributed by atoms with Crippen LogP contribution in [0.25, 0.3) is 0 Å². The molecule has 0 amide bonds. The molecule has 3 nitrogen and oxygen atoms in total. The van der Waals surface area contributed by atoms with Crippen molar-refractivity contribution in [2.75, 3.05) is 0 Å². The largest absolute Gasteiger partial charge is 0.475 e. The minimum absolute atomic E-state index is 0.162. The summed E-state index contributed by atoms with van der Waals surface area (Å²) >= 11 is 4.24. The van der Waals surface area contributed by atoms with Gasteiger partial charge in [-0.15, -0.1) is 0 Å². The number of Topliss-reactive ketones (excluding diaryl/α,β-unsaturated/α-hetero) is 1. The van der Waals surface area contributed by atoms with E-state index in [4.69, 9.17) is 5.11 Å². The molecule has 8 heavy (non-hydrogen) atoms. The van der Waals surface area contributed by atoms with E-state index in [1.165, 1.54) is 0 Å². The van der Waals surface area contributed by atoms with Gasteiger partial charge in [0.2, 0.25) is 5.78 Å². The summed E-state index contributed by atoms with van der Waals surface area (Å²) in [5, 5.41) is 8.99. The Bertz CT molecular complexity index is 129. The van der Waals surface area contributed by atoms with Gasteiger partial charge in [-0.1, -0.05) is 12.2 Å². The number of rotatable bonds is 3. The first-order chi connectivity index (χ1) is 3.68. The molecule has 0 aromatic rings. The van der Waals surface area contributed by atoms with E-state index in [1.807, 2.05) is 0 Å². The second kappa shape index (κ2) is 3.26. The number of carboxylic acids is 1. The number of carbonyl (C=O) groups excluding carboxylic acids is 1. The van der Waals surface area contributed by atoms with Crippen molar-refractivity contribution in [1.82, 2.24) is 0 Å². The first-order valence-electron chi connectivity index (χ1n) is 1.88. The zero-order valence-electron chi connectivity index (χ0n) is 3.96. The molecule has 0 atom stereocenters. The maximum atomic E-state index is 10.0. The van der Waals surface area contributed by atoms with E-state index >= 15 is 0 Å². The first kappa shape index (κ1) is 7.23. The van der Waals surface area contributed by atoms with E-state index in [-0.39, 0.29) is 6.42 Å². The highest BCUT2D eigenvalue weighted by Gasteiger charge is 2.07. The van der Waals surface area contributed by atoms with Gasteiger partial charge in [0.15, 0.2) is 0 Å². The van der Waals surface area contributed by atoms with E-state index in [0.717, 1.165) is 5.37 Å². The fraction of sp³-hybridized carbons (Fsp3) is 0.250. The monoisotopic (exact) mass is 132 g/mol. The van der Waals surface area contributed by atoms with Crippen LogP contribution in [0.5, 0.6) is 0 Å². The van der Waals surface area contributed by atoms with Crippen molar-refractivity contribution in [2.45, 2.75) is 6.42 Å². The predicted octanol–water partition coefficient (Wildman–Crippen LogP) is 0.0299. The summed E-state index contributed by atoms with van der Waals surface area (Å²) in [5.41, 5.74) is 0. The molecule has 0 aliphatic heterocycles. The Morgan fingerprint density at radius 1 is 1.62 bits per heavy atom. The van der Waals surface area contributed by atoms with Gasteiger partial charge < -0.3 is 5.11 Å². The number of carbonyl (C=O) groups is 2. The van der Waals surface area contributed by atoms with E-state index in [2.05, 4.69) is 12.2 Å². The van der Waals surface area contributed by atoms with Crippen LogP contribution in [0.2, 0.25) is 0 Å². The van der Waals surface area contributed by atoms with Crippen molar-refractivity contribution >= 4 is 29.3 Å². The SMILES string of the molecule is O=C(O)C(=O)CC=S. The third-order valence-corrected chi connectivity index (χ3v) is 0.674. The lowest BCUT2D eigenvalue weighted by Gasteiger charge is -1.81. The van der Waals surface area contributed by atoms with Crippen LogP contribution in [0.15, 0.2) is 0 Å². The lowest BCUT2D eigenvalue weighted by molar-refractivity contribution is -0.148. The number of hydrogen-bond donors (Lipinski definition) is 1. The average molecular weight is 132 g/mol. The van der Waals surface area contributed by atoms with Gasteiger partial charge in [0.25, 0.3) is 0 Å². The molecular formula is C4H4O3S. The lowest BCUT2D eigenvalue weighted by atomic mass is 10.3. The summed E-state index contributed by atoms with van der Waals surface area (Å²) in [4.78, 5) is 19.7. The topological polar surface area (TPSA) is 54.4 Å². The van der Waals surface area contributed by atoms with Crippen molar-refractivity contribution in [3.63, 3.8) is 0 Å². The number of ketones is 1. The van der Waals surface area contributed by atoms with Gasteiger partial charge in [0.05, 0.1) is 0 Å². The first-order valence-corrected chi connectivity index (χ1v) is 2.35. The minimum atomic E-state index is -1.42. The predicted molar refractivity (Wildman–Crippen MR) is 30.9 cm³/mol. The van der Waals surface area contributed by atoms with Crippen LogP contribution in [0.3, 0.4) is 0 Å². The molecule has 0 saturated heterocycles. The maximum Gasteiger partial charge on any atom is 0.372 e. The Labute approximate surface area is 51.3 Å². The van der Waals surface area contributed by atoms with Crippen molar-refractivity contribution in [3.8, 4) is 0 Å². The Kier molecular flexibility index (Phi) is 2.95. The molecule has 1 N–H and O–H groups in total. The number of aliphatic carboxylic acids is 1. The molecule has 0 bridgehead atoms. The Hall–Kier alpha value is -0.770. The van der Waals surface area contributed by atoms with Gasteiger partial charge in [-0.05, 0) is 5.37 Å². The molecule has 44 valence electrons. The standard InChI is InChI=1S/C4H4O3S/c5-3(1-2-8)4(6)7/h2H,1H2,(H,6,7). The number of thiocarbonyl (C=S) groups is 1. The Morgan fingerprint density at radius 3 is 2.25 bits per heavy atom. The van der Waals surface area contributed by atoms with Gasteiger partial charge in [0, 0.05) is 6.42 Å². The van der Waals surface area contributed by atoms with Crippen molar-refractivity contribution in [3.05, 3.63) is 0 Å². The molecule has 0 spiro atoms. The minimum Gasteiger partial charge on any atom is -0.475 e. The summed E-state index contributed by atoms with van der Waals surface area (Å²) in [6.45, 7) is 0. The van der Waals surface area contributed by atoms with Gasteiger partial charge in [-0.3, -0.25) is 4.79 Å².